The first kappa shape index (κ1) is 31.0. The molecule has 1 aromatic carbocycles. The van der Waals surface area contributed by atoms with Gasteiger partial charge in [0.05, 0.1) is 6.04 Å². The maximum absolute atomic E-state index is 14.0. The molecule has 0 spiro atoms. The van der Waals surface area contributed by atoms with Gasteiger partial charge in [-0.1, -0.05) is 44.2 Å². The zero-order chi connectivity index (χ0) is 28.4. The molecule has 0 bridgehead atoms. The molecule has 1 aromatic rings. The lowest BCUT2D eigenvalue weighted by molar-refractivity contribution is -0.138. The summed E-state index contributed by atoms with van der Waals surface area (Å²) in [7, 11) is 1.97. The maximum Gasteiger partial charge on any atom is 0.245 e. The van der Waals surface area contributed by atoms with Crippen LogP contribution in [0.4, 0.5) is 4.39 Å². The molecule has 1 saturated carbocycles. The summed E-state index contributed by atoms with van der Waals surface area (Å²) in [6.45, 7) is 8.74. The van der Waals surface area contributed by atoms with Crippen LogP contribution in [0.3, 0.4) is 0 Å². The number of hydrogen-bond donors (Lipinski definition) is 3. The molecular formula is C30H48FN5O3. The minimum absolute atomic E-state index is 0.105. The standard InChI is InChI=1S/C30H48FN5O3/c1-30(2,3)34-27(37)15-18-36(17-14-22-8-6-5-7-9-22)29(39)25(20-23-10-12-24(31)13-11-23)33-28(38)26-21-35(4)19-16-32-26/h10-13,22,25-26,32H,5-9,14-21H2,1-4H3,(H,33,38)(H,34,37). The van der Waals surface area contributed by atoms with Gasteiger partial charge in [0.1, 0.15) is 11.9 Å². The molecule has 0 radical (unpaired) electrons. The molecule has 2 aliphatic rings. The van der Waals surface area contributed by atoms with E-state index in [1.54, 1.807) is 17.0 Å². The number of halogens is 1. The van der Waals surface area contributed by atoms with Crippen LogP contribution in [0, 0.1) is 11.7 Å². The van der Waals surface area contributed by atoms with Crippen LogP contribution in [-0.2, 0) is 20.8 Å². The molecule has 1 aliphatic heterocycles. The molecule has 3 N–H and O–H groups in total. The molecule has 9 heteroatoms. The highest BCUT2D eigenvalue weighted by Gasteiger charge is 2.31. The zero-order valence-electron chi connectivity index (χ0n) is 24.2. The first-order valence-corrected chi connectivity index (χ1v) is 14.6. The predicted octanol–water partition coefficient (Wildman–Crippen LogP) is 2.86. The van der Waals surface area contributed by atoms with E-state index in [-0.39, 0.29) is 48.5 Å². The number of nitrogens with one attached hydrogen (secondary N) is 3. The highest BCUT2D eigenvalue weighted by Crippen LogP contribution is 2.26. The van der Waals surface area contributed by atoms with Crippen LogP contribution >= 0.6 is 0 Å². The van der Waals surface area contributed by atoms with Gasteiger partial charge >= 0.3 is 0 Å². The second kappa shape index (κ2) is 14.7. The van der Waals surface area contributed by atoms with Crippen molar-refractivity contribution >= 4 is 17.7 Å². The van der Waals surface area contributed by atoms with Gasteiger partial charge in [0, 0.05) is 51.1 Å². The van der Waals surface area contributed by atoms with Gasteiger partial charge in [-0.25, -0.2) is 4.39 Å². The Hall–Kier alpha value is -2.52. The van der Waals surface area contributed by atoms with Crippen molar-refractivity contribution in [3.8, 4) is 0 Å². The van der Waals surface area contributed by atoms with Gasteiger partial charge in [0.15, 0.2) is 0 Å². The van der Waals surface area contributed by atoms with Gasteiger partial charge in [-0.3, -0.25) is 14.4 Å². The van der Waals surface area contributed by atoms with E-state index in [1.165, 1.54) is 44.2 Å². The average molecular weight is 546 g/mol. The van der Waals surface area contributed by atoms with Crippen LogP contribution in [0.25, 0.3) is 0 Å². The van der Waals surface area contributed by atoms with Crippen molar-refractivity contribution in [2.45, 2.75) is 89.8 Å². The lowest BCUT2D eigenvalue weighted by Crippen LogP contribution is -2.60. The normalized spacial score (nSPS) is 19.8. The molecule has 1 aliphatic carbocycles. The highest BCUT2D eigenvalue weighted by atomic mass is 19.1. The van der Waals surface area contributed by atoms with Crippen molar-refractivity contribution in [1.29, 1.82) is 0 Å². The molecule has 2 unspecified atom stereocenters. The van der Waals surface area contributed by atoms with E-state index >= 15 is 0 Å². The van der Waals surface area contributed by atoms with Crippen molar-refractivity contribution in [2.24, 2.45) is 5.92 Å². The summed E-state index contributed by atoms with van der Waals surface area (Å²) in [5, 5.41) is 9.22. The van der Waals surface area contributed by atoms with Crippen molar-refractivity contribution < 1.29 is 18.8 Å². The number of carbonyl (C=O) groups excluding carboxylic acids is 3. The van der Waals surface area contributed by atoms with E-state index in [2.05, 4.69) is 20.9 Å². The molecule has 8 nitrogen and oxygen atoms in total. The van der Waals surface area contributed by atoms with Gasteiger partial charge in [-0.15, -0.1) is 0 Å². The van der Waals surface area contributed by atoms with E-state index in [9.17, 15) is 18.8 Å². The Bertz CT molecular complexity index is 943. The SMILES string of the molecule is CN1CCNC(C(=O)NC(Cc2ccc(F)cc2)C(=O)N(CCC(=O)NC(C)(C)C)CCC2CCCCC2)C1. The minimum atomic E-state index is -0.811. The maximum atomic E-state index is 14.0. The van der Waals surface area contributed by atoms with Gasteiger partial charge in [-0.05, 0) is 57.9 Å². The monoisotopic (exact) mass is 545 g/mol. The van der Waals surface area contributed by atoms with Crippen molar-refractivity contribution in [2.75, 3.05) is 39.8 Å². The number of rotatable bonds is 11. The molecule has 1 saturated heterocycles. The number of piperazine rings is 1. The van der Waals surface area contributed by atoms with Gasteiger partial charge in [0.25, 0.3) is 0 Å². The lowest BCUT2D eigenvalue weighted by Gasteiger charge is -2.33. The molecule has 2 fully saturated rings. The van der Waals surface area contributed by atoms with Crippen molar-refractivity contribution in [3.63, 3.8) is 0 Å². The smallest absolute Gasteiger partial charge is 0.245 e. The average Bonchev–Trinajstić information content (AvgIpc) is 2.88. The number of carbonyl (C=O) groups is 3. The second-order valence-corrected chi connectivity index (χ2v) is 12.3. The van der Waals surface area contributed by atoms with Crippen LogP contribution in [0.5, 0.6) is 0 Å². The number of hydrogen-bond acceptors (Lipinski definition) is 5. The molecular weight excluding hydrogens is 497 g/mol. The Morgan fingerprint density at radius 2 is 1.79 bits per heavy atom. The summed E-state index contributed by atoms with van der Waals surface area (Å²) < 4.78 is 13.6. The van der Waals surface area contributed by atoms with E-state index < -0.39 is 12.1 Å². The molecule has 0 aromatic heterocycles. The molecule has 3 rings (SSSR count). The largest absolute Gasteiger partial charge is 0.351 e. The van der Waals surface area contributed by atoms with Crippen LogP contribution in [-0.4, -0.2) is 84.9 Å². The first-order valence-electron chi connectivity index (χ1n) is 14.6. The van der Waals surface area contributed by atoms with Crippen molar-refractivity contribution in [3.05, 3.63) is 35.6 Å². The lowest BCUT2D eigenvalue weighted by atomic mass is 9.87. The predicted molar refractivity (Wildman–Crippen MR) is 152 cm³/mol. The quantitative estimate of drug-likeness (QED) is 0.398. The third-order valence-electron chi connectivity index (χ3n) is 7.63. The topological polar surface area (TPSA) is 93.8 Å². The van der Waals surface area contributed by atoms with E-state index in [1.807, 2.05) is 27.8 Å². The summed E-state index contributed by atoms with van der Waals surface area (Å²) in [6, 6.07) is 4.81. The van der Waals surface area contributed by atoms with Gasteiger partial charge < -0.3 is 25.8 Å². The minimum Gasteiger partial charge on any atom is -0.351 e. The first-order chi connectivity index (χ1) is 18.5. The van der Waals surface area contributed by atoms with E-state index in [0.29, 0.717) is 25.6 Å². The summed E-state index contributed by atoms with van der Waals surface area (Å²) in [5.74, 6) is -0.300. The Morgan fingerprint density at radius 1 is 1.10 bits per heavy atom. The highest BCUT2D eigenvalue weighted by molar-refractivity contribution is 5.90. The number of nitrogens with zero attached hydrogens (tertiary/aromatic N) is 2. The molecule has 2 atom stereocenters. The summed E-state index contributed by atoms with van der Waals surface area (Å²) in [5.41, 5.74) is 0.411. The fourth-order valence-corrected chi connectivity index (χ4v) is 5.49. The summed E-state index contributed by atoms with van der Waals surface area (Å²) in [6.07, 6.45) is 7.38. The van der Waals surface area contributed by atoms with E-state index in [0.717, 1.165) is 18.5 Å². The molecule has 1 heterocycles. The third kappa shape index (κ3) is 10.9. The van der Waals surface area contributed by atoms with Crippen LogP contribution < -0.4 is 16.0 Å². The number of likely N-dealkylation sites (N-methyl/N-ethyl adjacent to an activating group) is 1. The van der Waals surface area contributed by atoms with Crippen LogP contribution in [0.15, 0.2) is 24.3 Å². The fraction of sp³-hybridized carbons (Fsp3) is 0.700. The van der Waals surface area contributed by atoms with Crippen molar-refractivity contribution in [1.82, 2.24) is 25.8 Å². The number of benzene rings is 1. The fourth-order valence-electron chi connectivity index (χ4n) is 5.49. The van der Waals surface area contributed by atoms with Crippen LogP contribution in [0.2, 0.25) is 0 Å². The molecule has 39 heavy (non-hydrogen) atoms. The van der Waals surface area contributed by atoms with E-state index in [4.69, 9.17) is 0 Å². The molecule has 218 valence electrons. The zero-order valence-corrected chi connectivity index (χ0v) is 24.2. The second-order valence-electron chi connectivity index (χ2n) is 12.3. The Morgan fingerprint density at radius 3 is 2.44 bits per heavy atom. The third-order valence-corrected chi connectivity index (χ3v) is 7.63. The Kier molecular flexibility index (Phi) is 11.7. The van der Waals surface area contributed by atoms with Crippen LogP contribution in [0.1, 0.15) is 71.3 Å². The molecule has 3 amide bonds. The Labute approximate surface area is 233 Å². The number of amides is 3. The summed E-state index contributed by atoms with van der Waals surface area (Å²) >= 11 is 0. The van der Waals surface area contributed by atoms with Gasteiger partial charge in [0.2, 0.25) is 17.7 Å². The van der Waals surface area contributed by atoms with Gasteiger partial charge in [-0.2, -0.15) is 0 Å². The summed E-state index contributed by atoms with van der Waals surface area (Å²) in [4.78, 5) is 43.8. The Balaban J connectivity index is 1.76.